The molecule has 1 atom stereocenters. The van der Waals surface area contributed by atoms with Crippen LogP contribution in [-0.4, -0.2) is 24.4 Å². The minimum atomic E-state index is -2.40. The van der Waals surface area contributed by atoms with Crippen LogP contribution in [0.5, 0.6) is 23.0 Å². The Balaban J connectivity index is 1.26. The molecule has 0 saturated carbocycles. The van der Waals surface area contributed by atoms with Crippen LogP contribution < -0.4 is 19.5 Å². The molecule has 1 heterocycles. The van der Waals surface area contributed by atoms with Crippen LogP contribution in [0.2, 0.25) is 0 Å². The Kier molecular flexibility index (Phi) is 9.51. The number of aryl methyl sites for hydroxylation is 1. The Hall–Kier alpha value is -3.52. The lowest BCUT2D eigenvalue weighted by Gasteiger charge is -2.15. The first-order valence-corrected chi connectivity index (χ1v) is 14.1. The first-order valence-electron chi connectivity index (χ1n) is 13.3. The van der Waals surface area contributed by atoms with E-state index in [0.717, 1.165) is 42.1 Å². The summed E-state index contributed by atoms with van der Waals surface area (Å²) in [7, 11) is 0. The standard InChI is InChI=1S/C31H34FNO5S/c1-4-6-23-20-27(38-26-11-7-22(8-12-26)19-21(2)3)15-16-28(23)37-18-5-17-36-25-13-9-24(10-14-25)31(32)29(34)33-30(35)39-31/h7-16,20-21H,4-6,17-19H2,1-3H3,(H,33,34,35). The first-order chi connectivity index (χ1) is 18.8. The second kappa shape index (κ2) is 13.0. The highest BCUT2D eigenvalue weighted by Gasteiger charge is 2.50. The van der Waals surface area contributed by atoms with Gasteiger partial charge in [0.2, 0.25) is 0 Å². The SMILES string of the molecule is CCCc1cc(Oc2ccc(CC(C)C)cc2)ccc1OCCCOc1ccc(C2(F)SC(=O)NC2=O)cc1. The van der Waals surface area contributed by atoms with E-state index in [4.69, 9.17) is 14.2 Å². The molecule has 1 N–H and O–H groups in total. The number of imide groups is 1. The molecule has 1 unspecified atom stereocenters. The Morgan fingerprint density at radius 3 is 2.21 bits per heavy atom. The molecular formula is C31H34FNO5S. The molecule has 1 saturated heterocycles. The van der Waals surface area contributed by atoms with Crippen molar-refractivity contribution in [2.45, 2.75) is 51.5 Å². The predicted octanol–water partition coefficient (Wildman–Crippen LogP) is 7.58. The summed E-state index contributed by atoms with van der Waals surface area (Å²) in [5.74, 6) is 2.62. The van der Waals surface area contributed by atoms with Gasteiger partial charge in [0, 0.05) is 12.0 Å². The molecular weight excluding hydrogens is 517 g/mol. The minimum absolute atomic E-state index is 0.102. The van der Waals surface area contributed by atoms with E-state index in [9.17, 15) is 14.0 Å². The fraction of sp³-hybridized carbons (Fsp3) is 0.355. The average Bonchev–Trinajstić information content (AvgIpc) is 3.18. The monoisotopic (exact) mass is 551 g/mol. The van der Waals surface area contributed by atoms with Gasteiger partial charge >= 0.3 is 0 Å². The fourth-order valence-electron chi connectivity index (χ4n) is 4.29. The Bertz CT molecular complexity index is 1280. The lowest BCUT2D eigenvalue weighted by atomic mass is 10.0. The number of thioether (sulfide) groups is 1. The Morgan fingerprint density at radius 1 is 0.897 bits per heavy atom. The summed E-state index contributed by atoms with van der Waals surface area (Å²) in [6.45, 7) is 7.43. The highest BCUT2D eigenvalue weighted by Crippen LogP contribution is 2.43. The lowest BCUT2D eigenvalue weighted by Crippen LogP contribution is -2.30. The van der Waals surface area contributed by atoms with Crippen LogP contribution in [0.3, 0.4) is 0 Å². The number of ether oxygens (including phenoxy) is 3. The van der Waals surface area contributed by atoms with Crippen LogP contribution in [0, 0.1) is 5.92 Å². The number of alkyl halides is 1. The zero-order valence-electron chi connectivity index (χ0n) is 22.5. The average molecular weight is 552 g/mol. The Morgan fingerprint density at radius 2 is 1.56 bits per heavy atom. The molecule has 1 aliphatic heterocycles. The molecule has 2 amide bonds. The number of carbonyl (C=O) groups excluding carboxylic acids is 2. The van der Waals surface area contributed by atoms with E-state index in [1.165, 1.54) is 17.7 Å². The summed E-state index contributed by atoms with van der Waals surface area (Å²) < 4.78 is 32.7. The molecule has 8 heteroatoms. The van der Waals surface area contributed by atoms with Gasteiger partial charge in [-0.15, -0.1) is 0 Å². The number of carbonyl (C=O) groups is 2. The number of halogens is 1. The normalized spacial score (nSPS) is 16.8. The molecule has 39 heavy (non-hydrogen) atoms. The van der Waals surface area contributed by atoms with Gasteiger partial charge in [0.1, 0.15) is 23.0 Å². The summed E-state index contributed by atoms with van der Waals surface area (Å²) in [5.41, 5.74) is 2.50. The zero-order valence-corrected chi connectivity index (χ0v) is 23.3. The largest absolute Gasteiger partial charge is 0.493 e. The third-order valence-corrected chi connectivity index (χ3v) is 7.13. The van der Waals surface area contributed by atoms with Gasteiger partial charge in [-0.1, -0.05) is 51.5 Å². The summed E-state index contributed by atoms with van der Waals surface area (Å²) in [5, 5.41) is -1.13. The maximum absolute atomic E-state index is 14.9. The van der Waals surface area contributed by atoms with Gasteiger partial charge in [0.15, 0.2) is 0 Å². The van der Waals surface area contributed by atoms with Crippen LogP contribution in [0.25, 0.3) is 0 Å². The molecule has 3 aromatic rings. The van der Waals surface area contributed by atoms with Crippen molar-refractivity contribution in [1.82, 2.24) is 5.32 Å². The third kappa shape index (κ3) is 7.53. The Labute approximate surface area is 233 Å². The van der Waals surface area contributed by atoms with E-state index in [-0.39, 0.29) is 5.56 Å². The molecule has 0 aliphatic carbocycles. The predicted molar refractivity (Wildman–Crippen MR) is 151 cm³/mol. The fourth-order valence-corrected chi connectivity index (χ4v) is 5.08. The molecule has 206 valence electrons. The summed E-state index contributed by atoms with van der Waals surface area (Å²) in [6, 6.07) is 20.2. The number of hydrogen-bond acceptors (Lipinski definition) is 6. The smallest absolute Gasteiger partial charge is 0.289 e. The topological polar surface area (TPSA) is 73.9 Å². The van der Waals surface area contributed by atoms with E-state index in [1.807, 2.05) is 35.6 Å². The summed E-state index contributed by atoms with van der Waals surface area (Å²) >= 11 is 0.333. The first kappa shape index (κ1) is 28.5. The van der Waals surface area contributed by atoms with Crippen molar-refractivity contribution in [3.05, 3.63) is 83.4 Å². The highest BCUT2D eigenvalue weighted by atomic mass is 32.2. The molecule has 1 aliphatic rings. The number of benzene rings is 3. The van der Waals surface area contributed by atoms with Gasteiger partial charge in [0.25, 0.3) is 16.1 Å². The molecule has 1 fully saturated rings. The third-order valence-electron chi connectivity index (χ3n) is 6.14. The van der Waals surface area contributed by atoms with Gasteiger partial charge in [-0.05, 0) is 84.1 Å². The summed E-state index contributed by atoms with van der Waals surface area (Å²) in [6.07, 6.45) is 3.55. The molecule has 3 aromatic carbocycles. The van der Waals surface area contributed by atoms with E-state index in [2.05, 4.69) is 32.9 Å². The van der Waals surface area contributed by atoms with Crippen LogP contribution in [-0.2, 0) is 22.6 Å². The van der Waals surface area contributed by atoms with Gasteiger partial charge < -0.3 is 14.2 Å². The molecule has 0 radical (unpaired) electrons. The van der Waals surface area contributed by atoms with Crippen molar-refractivity contribution in [3.8, 4) is 23.0 Å². The molecule has 0 bridgehead atoms. The van der Waals surface area contributed by atoms with Gasteiger partial charge in [-0.2, -0.15) is 0 Å². The van der Waals surface area contributed by atoms with Crippen LogP contribution in [0.1, 0.15) is 50.3 Å². The number of nitrogens with one attached hydrogen (secondary N) is 1. The van der Waals surface area contributed by atoms with Gasteiger partial charge in [0.05, 0.1) is 13.2 Å². The maximum Gasteiger partial charge on any atom is 0.289 e. The lowest BCUT2D eigenvalue weighted by molar-refractivity contribution is -0.126. The van der Waals surface area contributed by atoms with Crippen molar-refractivity contribution >= 4 is 22.9 Å². The molecule has 4 rings (SSSR count). The zero-order chi connectivity index (χ0) is 27.8. The van der Waals surface area contributed by atoms with E-state index in [1.54, 1.807) is 12.1 Å². The van der Waals surface area contributed by atoms with E-state index in [0.29, 0.717) is 43.1 Å². The second-order valence-corrected chi connectivity index (χ2v) is 11.0. The van der Waals surface area contributed by atoms with Crippen molar-refractivity contribution in [1.29, 1.82) is 0 Å². The van der Waals surface area contributed by atoms with Crippen LogP contribution in [0.15, 0.2) is 66.7 Å². The molecule has 0 spiro atoms. The van der Waals surface area contributed by atoms with Crippen molar-refractivity contribution in [2.75, 3.05) is 13.2 Å². The summed E-state index contributed by atoms with van der Waals surface area (Å²) in [4.78, 5) is 23.1. The van der Waals surface area contributed by atoms with E-state index >= 15 is 0 Å². The highest BCUT2D eigenvalue weighted by molar-refractivity contribution is 8.15. The van der Waals surface area contributed by atoms with Gasteiger partial charge in [-0.3, -0.25) is 14.9 Å². The van der Waals surface area contributed by atoms with Crippen molar-refractivity contribution in [2.24, 2.45) is 5.92 Å². The van der Waals surface area contributed by atoms with E-state index < -0.39 is 16.1 Å². The number of amides is 2. The van der Waals surface area contributed by atoms with Crippen molar-refractivity contribution < 1.29 is 28.2 Å². The molecule has 6 nitrogen and oxygen atoms in total. The van der Waals surface area contributed by atoms with Crippen molar-refractivity contribution in [3.63, 3.8) is 0 Å². The van der Waals surface area contributed by atoms with Crippen LogP contribution >= 0.6 is 11.8 Å². The maximum atomic E-state index is 14.9. The number of rotatable bonds is 13. The van der Waals surface area contributed by atoms with Gasteiger partial charge in [-0.25, -0.2) is 4.39 Å². The second-order valence-electron chi connectivity index (χ2n) is 9.88. The molecule has 0 aromatic heterocycles. The quantitative estimate of drug-likeness (QED) is 0.221. The number of hydrogen-bond donors (Lipinski definition) is 1. The minimum Gasteiger partial charge on any atom is -0.493 e. The van der Waals surface area contributed by atoms with Crippen LogP contribution in [0.4, 0.5) is 9.18 Å².